The van der Waals surface area contributed by atoms with E-state index in [1.165, 1.54) is 12.1 Å². The quantitative estimate of drug-likeness (QED) is 0.654. The van der Waals surface area contributed by atoms with Crippen LogP contribution in [0.4, 0.5) is 24.5 Å². The Labute approximate surface area is 145 Å². The van der Waals surface area contributed by atoms with Gasteiger partial charge in [-0.3, -0.25) is 10.1 Å². The maximum Gasteiger partial charge on any atom is 0.433 e. The van der Waals surface area contributed by atoms with Gasteiger partial charge in [-0.15, -0.1) is 0 Å². The van der Waals surface area contributed by atoms with Crippen LogP contribution in [0.3, 0.4) is 0 Å². The van der Waals surface area contributed by atoms with E-state index in [4.69, 9.17) is 4.74 Å². The molecule has 1 saturated heterocycles. The Kier molecular flexibility index (Phi) is 4.89. The lowest BCUT2D eigenvalue weighted by molar-refractivity contribution is -0.384. The van der Waals surface area contributed by atoms with Gasteiger partial charge in [-0.25, -0.2) is 4.98 Å². The first-order valence-corrected chi connectivity index (χ1v) is 7.67. The normalized spacial score (nSPS) is 15.0. The van der Waals surface area contributed by atoms with Crippen LogP contribution in [0.5, 0.6) is 11.8 Å². The van der Waals surface area contributed by atoms with Crippen molar-refractivity contribution in [3.63, 3.8) is 0 Å². The van der Waals surface area contributed by atoms with Gasteiger partial charge in [-0.05, 0) is 12.1 Å². The lowest BCUT2D eigenvalue weighted by Crippen LogP contribution is -2.43. The Morgan fingerprint density at radius 2 is 1.96 bits per heavy atom. The number of halogens is 3. The minimum atomic E-state index is -4.65. The van der Waals surface area contributed by atoms with Crippen molar-refractivity contribution in [3.8, 4) is 11.8 Å². The van der Waals surface area contributed by atoms with Gasteiger partial charge in [-0.1, -0.05) is 0 Å². The Balaban J connectivity index is 1.96. The van der Waals surface area contributed by atoms with E-state index >= 15 is 0 Å². The monoisotopic (exact) mass is 369 g/mol. The molecule has 11 heteroatoms. The fourth-order valence-electron chi connectivity index (χ4n) is 2.51. The van der Waals surface area contributed by atoms with Gasteiger partial charge >= 0.3 is 12.2 Å². The molecule has 138 valence electrons. The molecule has 8 nitrogen and oxygen atoms in total. The Hall–Kier alpha value is -2.95. The molecule has 1 aliphatic rings. The number of anilines is 1. The van der Waals surface area contributed by atoms with E-state index in [-0.39, 0.29) is 11.4 Å². The van der Waals surface area contributed by atoms with Crippen LogP contribution in [0, 0.1) is 10.1 Å². The fourth-order valence-corrected chi connectivity index (χ4v) is 2.51. The molecule has 1 aliphatic heterocycles. The molecular weight excluding hydrogens is 355 g/mol. The summed E-state index contributed by atoms with van der Waals surface area (Å²) in [5.74, 6) is 0.0282. The average molecular weight is 369 g/mol. The minimum absolute atomic E-state index is 0.0282. The minimum Gasteiger partial charge on any atom is -0.422 e. The van der Waals surface area contributed by atoms with Crippen molar-refractivity contribution in [3.05, 3.63) is 46.3 Å². The number of non-ortho nitro benzene ring substituents is 1. The van der Waals surface area contributed by atoms with Crippen LogP contribution in [0.1, 0.15) is 5.69 Å². The largest absolute Gasteiger partial charge is 0.433 e. The van der Waals surface area contributed by atoms with Gasteiger partial charge in [0.1, 0.15) is 0 Å². The second kappa shape index (κ2) is 7.12. The van der Waals surface area contributed by atoms with E-state index in [9.17, 15) is 23.3 Å². The standard InChI is InChI=1S/C15H14F3N5O3/c16-15(17,18)13-3-4-20-14(21-13)26-12-9-10(23(24)25)1-2-11(12)22-7-5-19-6-8-22/h1-4,9,19H,5-8H2. The van der Waals surface area contributed by atoms with Gasteiger partial charge in [0.15, 0.2) is 11.4 Å². The van der Waals surface area contributed by atoms with E-state index in [2.05, 4.69) is 15.3 Å². The predicted molar refractivity (Wildman–Crippen MR) is 85.3 cm³/mol. The number of nitrogens with zero attached hydrogens (tertiary/aromatic N) is 4. The molecule has 0 bridgehead atoms. The summed E-state index contributed by atoms with van der Waals surface area (Å²) in [6.45, 7) is 2.65. The molecule has 0 spiro atoms. The van der Waals surface area contributed by atoms with Crippen molar-refractivity contribution in [2.45, 2.75) is 6.18 Å². The van der Waals surface area contributed by atoms with E-state index in [1.54, 1.807) is 0 Å². The second-order valence-electron chi connectivity index (χ2n) is 5.47. The maximum atomic E-state index is 12.8. The van der Waals surface area contributed by atoms with Gasteiger partial charge in [0.2, 0.25) is 0 Å². The lowest BCUT2D eigenvalue weighted by Gasteiger charge is -2.30. The summed E-state index contributed by atoms with van der Waals surface area (Å²) in [5, 5.41) is 14.2. The van der Waals surface area contributed by atoms with E-state index in [1.807, 2.05) is 4.90 Å². The van der Waals surface area contributed by atoms with Crippen LogP contribution in [-0.4, -0.2) is 41.1 Å². The Morgan fingerprint density at radius 1 is 1.23 bits per heavy atom. The van der Waals surface area contributed by atoms with Gasteiger partial charge in [0.05, 0.1) is 16.7 Å². The molecule has 1 N–H and O–H groups in total. The third-order valence-corrected chi connectivity index (χ3v) is 3.74. The molecule has 0 atom stereocenters. The molecular formula is C15H14F3N5O3. The zero-order chi connectivity index (χ0) is 18.7. The topological polar surface area (TPSA) is 93.4 Å². The molecule has 2 heterocycles. The first-order chi connectivity index (χ1) is 12.3. The van der Waals surface area contributed by atoms with Crippen molar-refractivity contribution >= 4 is 11.4 Å². The molecule has 1 aromatic carbocycles. The highest BCUT2D eigenvalue weighted by molar-refractivity contribution is 5.63. The number of aromatic nitrogens is 2. The van der Waals surface area contributed by atoms with Crippen molar-refractivity contribution in [2.24, 2.45) is 0 Å². The summed E-state index contributed by atoms with van der Waals surface area (Å²) in [5.41, 5.74) is -0.874. The summed E-state index contributed by atoms with van der Waals surface area (Å²) in [4.78, 5) is 19.4. The fraction of sp³-hybridized carbons (Fsp3) is 0.333. The summed E-state index contributed by atoms with van der Waals surface area (Å²) < 4.78 is 43.8. The van der Waals surface area contributed by atoms with Crippen molar-refractivity contribution in [2.75, 3.05) is 31.1 Å². The molecule has 3 rings (SSSR count). The molecule has 26 heavy (non-hydrogen) atoms. The number of hydrogen-bond donors (Lipinski definition) is 1. The number of nitrogens with one attached hydrogen (secondary N) is 1. The van der Waals surface area contributed by atoms with Crippen molar-refractivity contribution in [1.82, 2.24) is 15.3 Å². The summed E-state index contributed by atoms with van der Waals surface area (Å²) in [6, 6.07) is 4.17. The Morgan fingerprint density at radius 3 is 2.62 bits per heavy atom. The number of nitro groups is 1. The van der Waals surface area contributed by atoms with Gasteiger partial charge in [0.25, 0.3) is 5.69 Å². The number of ether oxygens (including phenoxy) is 1. The number of nitro benzene ring substituents is 1. The summed E-state index contributed by atoms with van der Waals surface area (Å²) in [6.07, 6.45) is -3.72. The van der Waals surface area contributed by atoms with Gasteiger partial charge in [0, 0.05) is 38.4 Å². The van der Waals surface area contributed by atoms with E-state index < -0.39 is 22.8 Å². The molecule has 2 aromatic rings. The highest BCUT2D eigenvalue weighted by Gasteiger charge is 2.33. The van der Waals surface area contributed by atoms with Crippen molar-refractivity contribution < 1.29 is 22.8 Å². The number of rotatable bonds is 4. The van der Waals surface area contributed by atoms with Crippen LogP contribution >= 0.6 is 0 Å². The first-order valence-electron chi connectivity index (χ1n) is 7.67. The molecule has 1 aromatic heterocycles. The van der Waals surface area contributed by atoms with Crippen LogP contribution in [0.2, 0.25) is 0 Å². The molecule has 1 fully saturated rings. The van der Waals surface area contributed by atoms with Crippen molar-refractivity contribution in [1.29, 1.82) is 0 Å². The predicted octanol–water partition coefficient (Wildman–Crippen LogP) is 2.61. The number of piperazine rings is 1. The average Bonchev–Trinajstić information content (AvgIpc) is 2.62. The SMILES string of the molecule is O=[N+]([O-])c1ccc(N2CCNCC2)c(Oc2nccc(C(F)(F)F)n2)c1. The smallest absolute Gasteiger partial charge is 0.422 e. The van der Waals surface area contributed by atoms with Crippen LogP contribution < -0.4 is 15.0 Å². The van der Waals surface area contributed by atoms with Crippen LogP contribution in [0.15, 0.2) is 30.5 Å². The number of alkyl halides is 3. The molecule has 0 aliphatic carbocycles. The second-order valence-corrected chi connectivity index (χ2v) is 5.47. The highest BCUT2D eigenvalue weighted by atomic mass is 19.4. The number of benzene rings is 1. The van der Waals surface area contributed by atoms with Gasteiger partial charge in [-0.2, -0.15) is 18.2 Å². The van der Waals surface area contributed by atoms with Gasteiger partial charge < -0.3 is 15.0 Å². The Bertz CT molecular complexity index is 809. The molecule has 0 radical (unpaired) electrons. The summed E-state index contributed by atoms with van der Waals surface area (Å²) in [7, 11) is 0. The molecule has 0 amide bonds. The van der Waals surface area contributed by atoms with Crippen LogP contribution in [-0.2, 0) is 6.18 Å². The third kappa shape index (κ3) is 3.99. The molecule has 0 unspecified atom stereocenters. The van der Waals surface area contributed by atoms with E-state index in [0.29, 0.717) is 31.9 Å². The van der Waals surface area contributed by atoms with E-state index in [0.717, 1.165) is 18.3 Å². The molecule has 0 saturated carbocycles. The zero-order valence-electron chi connectivity index (χ0n) is 13.4. The lowest BCUT2D eigenvalue weighted by atomic mass is 10.2. The zero-order valence-corrected chi connectivity index (χ0v) is 13.4. The van der Waals surface area contributed by atoms with Crippen LogP contribution in [0.25, 0.3) is 0 Å². The summed E-state index contributed by atoms with van der Waals surface area (Å²) >= 11 is 0. The maximum absolute atomic E-state index is 12.8. The first kappa shape index (κ1) is 17.9. The number of hydrogen-bond acceptors (Lipinski definition) is 7. The highest BCUT2D eigenvalue weighted by Crippen LogP contribution is 2.35. The third-order valence-electron chi connectivity index (χ3n) is 3.74.